The van der Waals surface area contributed by atoms with Gasteiger partial charge in [0.2, 0.25) is 0 Å². The molecule has 1 unspecified atom stereocenters. The van der Waals surface area contributed by atoms with Gasteiger partial charge in [0.15, 0.2) is 0 Å². The Balaban J connectivity index is 2.46. The number of ether oxygens (including phenoxy) is 1. The molecule has 1 aromatic rings. The van der Waals surface area contributed by atoms with Crippen molar-refractivity contribution in [2.45, 2.75) is 5.25 Å². The van der Waals surface area contributed by atoms with Crippen LogP contribution in [0.3, 0.4) is 0 Å². The van der Waals surface area contributed by atoms with Crippen LogP contribution in [-0.2, 0) is 4.74 Å². The Morgan fingerprint density at radius 2 is 2.14 bits per heavy atom. The summed E-state index contributed by atoms with van der Waals surface area (Å²) in [5, 5.41) is 9.35. The molecule has 6 heteroatoms. The van der Waals surface area contributed by atoms with E-state index in [9.17, 15) is 14.7 Å². The zero-order valence-electron chi connectivity index (χ0n) is 11.6. The molecule has 1 saturated heterocycles. The highest BCUT2D eigenvalue weighted by Gasteiger charge is 2.27. The molecule has 1 aliphatic heterocycles. The van der Waals surface area contributed by atoms with Gasteiger partial charge in [-0.3, -0.25) is 0 Å². The van der Waals surface area contributed by atoms with E-state index in [2.05, 4.69) is 6.58 Å². The second-order valence-corrected chi connectivity index (χ2v) is 6.85. The molecule has 1 heterocycles. The lowest BCUT2D eigenvalue weighted by Gasteiger charge is -2.18. The number of thioether (sulfide) groups is 2. The predicted octanol–water partition coefficient (Wildman–Crippen LogP) is 3.25. The number of hydrogen-bond acceptors (Lipinski definition) is 5. The number of rotatable bonds is 3. The van der Waals surface area contributed by atoms with Crippen LogP contribution in [-0.4, -0.2) is 41.4 Å². The summed E-state index contributed by atoms with van der Waals surface area (Å²) in [6.45, 7) is 3.99. The minimum Gasteiger partial charge on any atom is -0.478 e. The largest absolute Gasteiger partial charge is 0.478 e. The van der Waals surface area contributed by atoms with Gasteiger partial charge in [-0.05, 0) is 11.6 Å². The molecule has 1 aromatic carbocycles. The van der Waals surface area contributed by atoms with Crippen molar-refractivity contribution in [1.29, 1.82) is 0 Å². The maximum absolute atomic E-state index is 12.0. The number of carbonyl (C=O) groups excluding carboxylic acids is 1. The number of benzene rings is 1. The third-order valence-corrected chi connectivity index (χ3v) is 5.92. The molecule has 112 valence electrons. The maximum Gasteiger partial charge on any atom is 0.339 e. The Bertz CT molecular complexity index is 583. The van der Waals surface area contributed by atoms with Crippen LogP contribution >= 0.6 is 23.5 Å². The number of carboxylic acid groups (broad SMARTS) is 1. The number of hydrogen-bond donors (Lipinski definition) is 1. The van der Waals surface area contributed by atoms with E-state index in [0.717, 1.165) is 28.4 Å². The first-order valence-electron chi connectivity index (χ1n) is 6.35. The first-order valence-corrected chi connectivity index (χ1v) is 8.55. The van der Waals surface area contributed by atoms with Crippen LogP contribution in [0.4, 0.5) is 0 Å². The van der Waals surface area contributed by atoms with Crippen LogP contribution in [0.15, 0.2) is 30.4 Å². The van der Waals surface area contributed by atoms with Crippen molar-refractivity contribution in [1.82, 2.24) is 0 Å². The van der Waals surface area contributed by atoms with E-state index in [0.29, 0.717) is 0 Å². The fraction of sp³-hybridized carbons (Fsp3) is 0.333. The van der Waals surface area contributed by atoms with Crippen LogP contribution in [0, 0.1) is 0 Å². The summed E-state index contributed by atoms with van der Waals surface area (Å²) in [6.07, 6.45) is 0. The van der Waals surface area contributed by atoms with Crippen molar-refractivity contribution in [3.63, 3.8) is 0 Å². The molecular formula is C15H16O4S2. The van der Waals surface area contributed by atoms with Crippen LogP contribution in [0.2, 0.25) is 0 Å². The highest BCUT2D eigenvalue weighted by molar-refractivity contribution is 8.04. The van der Waals surface area contributed by atoms with Gasteiger partial charge in [0.05, 0.1) is 18.2 Å². The van der Waals surface area contributed by atoms with Crippen LogP contribution in [0.25, 0.3) is 0 Å². The molecular weight excluding hydrogens is 308 g/mol. The average molecular weight is 324 g/mol. The average Bonchev–Trinajstić information content (AvgIpc) is 2.70. The van der Waals surface area contributed by atoms with Crippen molar-refractivity contribution >= 4 is 35.5 Å². The molecule has 1 aliphatic rings. The second kappa shape index (κ2) is 7.04. The fourth-order valence-electron chi connectivity index (χ4n) is 2.14. The molecule has 4 nitrogen and oxygen atoms in total. The van der Waals surface area contributed by atoms with E-state index in [1.54, 1.807) is 29.6 Å². The van der Waals surface area contributed by atoms with Gasteiger partial charge >= 0.3 is 11.9 Å². The van der Waals surface area contributed by atoms with Crippen molar-refractivity contribution < 1.29 is 19.4 Å². The van der Waals surface area contributed by atoms with E-state index >= 15 is 0 Å². The fourth-order valence-corrected chi connectivity index (χ4v) is 4.76. The van der Waals surface area contributed by atoms with E-state index in [-0.39, 0.29) is 16.4 Å². The molecule has 0 aliphatic carbocycles. The summed E-state index contributed by atoms with van der Waals surface area (Å²) in [5.41, 5.74) is 2.04. The molecule has 0 aromatic heterocycles. The van der Waals surface area contributed by atoms with E-state index in [1.807, 2.05) is 6.07 Å². The van der Waals surface area contributed by atoms with Gasteiger partial charge in [-0.2, -0.15) is 11.8 Å². The van der Waals surface area contributed by atoms with Gasteiger partial charge in [0, 0.05) is 22.5 Å². The molecule has 2 rings (SSSR count). The SMILES string of the molecule is C=C1CSCC(c2cccc(C(=O)O)c2C(=O)OC)SC1. The lowest BCUT2D eigenvalue weighted by Crippen LogP contribution is -2.15. The topological polar surface area (TPSA) is 63.6 Å². The predicted molar refractivity (Wildman–Crippen MR) is 86.4 cm³/mol. The highest BCUT2D eigenvalue weighted by Crippen LogP contribution is 2.39. The Morgan fingerprint density at radius 3 is 2.81 bits per heavy atom. The maximum atomic E-state index is 12.0. The smallest absolute Gasteiger partial charge is 0.339 e. The molecule has 1 atom stereocenters. The molecule has 21 heavy (non-hydrogen) atoms. The number of aromatic carboxylic acids is 1. The standard InChI is InChI=1S/C15H16O4S2/c1-9-6-20-8-12(21-7-9)10-4-3-5-11(14(16)17)13(10)15(18)19-2/h3-5,12H,1,6-8H2,2H3,(H,16,17). The third kappa shape index (κ3) is 3.63. The minimum atomic E-state index is -1.12. The molecule has 0 bridgehead atoms. The van der Waals surface area contributed by atoms with Crippen molar-refractivity contribution in [3.05, 3.63) is 47.0 Å². The lowest BCUT2D eigenvalue weighted by atomic mass is 9.99. The van der Waals surface area contributed by atoms with Crippen molar-refractivity contribution in [3.8, 4) is 0 Å². The lowest BCUT2D eigenvalue weighted by molar-refractivity contribution is 0.0581. The number of esters is 1. The first kappa shape index (κ1) is 16.0. The Morgan fingerprint density at radius 1 is 1.38 bits per heavy atom. The summed E-state index contributed by atoms with van der Waals surface area (Å²) in [6, 6.07) is 4.92. The number of methoxy groups -OCH3 is 1. The monoisotopic (exact) mass is 324 g/mol. The van der Waals surface area contributed by atoms with Crippen molar-refractivity contribution in [2.75, 3.05) is 24.4 Å². The number of carboxylic acids is 1. The van der Waals surface area contributed by atoms with E-state index in [4.69, 9.17) is 4.74 Å². The van der Waals surface area contributed by atoms with Gasteiger partial charge in [-0.25, -0.2) is 9.59 Å². The highest BCUT2D eigenvalue weighted by atomic mass is 32.2. The molecule has 0 amide bonds. The van der Waals surface area contributed by atoms with Crippen LogP contribution in [0.1, 0.15) is 31.5 Å². The summed E-state index contributed by atoms with van der Waals surface area (Å²) in [4.78, 5) is 23.4. The Hall–Kier alpha value is -1.40. The van der Waals surface area contributed by atoms with Gasteiger partial charge in [-0.1, -0.05) is 24.3 Å². The van der Waals surface area contributed by atoms with Gasteiger partial charge in [0.1, 0.15) is 0 Å². The quantitative estimate of drug-likeness (QED) is 0.680. The van der Waals surface area contributed by atoms with Gasteiger partial charge < -0.3 is 9.84 Å². The molecule has 0 radical (unpaired) electrons. The van der Waals surface area contributed by atoms with Gasteiger partial charge in [-0.15, -0.1) is 11.8 Å². The molecule has 0 saturated carbocycles. The van der Waals surface area contributed by atoms with E-state index < -0.39 is 11.9 Å². The third-order valence-electron chi connectivity index (χ3n) is 3.13. The minimum absolute atomic E-state index is 0.00646. The zero-order valence-corrected chi connectivity index (χ0v) is 13.3. The summed E-state index contributed by atoms with van der Waals surface area (Å²) in [5.74, 6) is 0.812. The summed E-state index contributed by atoms with van der Waals surface area (Å²) >= 11 is 3.44. The van der Waals surface area contributed by atoms with Crippen molar-refractivity contribution in [2.24, 2.45) is 0 Å². The zero-order chi connectivity index (χ0) is 15.4. The van der Waals surface area contributed by atoms with E-state index in [1.165, 1.54) is 13.2 Å². The summed E-state index contributed by atoms with van der Waals surface area (Å²) < 4.78 is 4.78. The Labute approximate surface area is 131 Å². The molecule has 1 N–H and O–H groups in total. The second-order valence-electron chi connectivity index (χ2n) is 4.63. The van der Waals surface area contributed by atoms with Crippen LogP contribution < -0.4 is 0 Å². The Kier molecular flexibility index (Phi) is 5.36. The normalized spacial score (nSPS) is 18.9. The van der Waals surface area contributed by atoms with Gasteiger partial charge in [0.25, 0.3) is 0 Å². The van der Waals surface area contributed by atoms with Crippen LogP contribution in [0.5, 0.6) is 0 Å². The number of carbonyl (C=O) groups is 2. The summed E-state index contributed by atoms with van der Waals surface area (Å²) in [7, 11) is 1.27. The first-order chi connectivity index (χ1) is 10.0. The molecule has 1 fully saturated rings. The molecule has 0 spiro atoms.